The Bertz CT molecular complexity index is 478. The van der Waals surface area contributed by atoms with Crippen LogP contribution in [-0.4, -0.2) is 24.7 Å². The summed E-state index contributed by atoms with van der Waals surface area (Å²) in [4.78, 5) is 10.0. The molecule has 21 heavy (non-hydrogen) atoms. The Morgan fingerprint density at radius 3 is 2.62 bits per heavy atom. The molecule has 1 rings (SSSR count). The zero-order valence-electron chi connectivity index (χ0n) is 11.6. The minimum absolute atomic E-state index is 0.0727. The Kier molecular flexibility index (Phi) is 6.41. The van der Waals surface area contributed by atoms with Crippen LogP contribution in [0, 0.1) is 10.1 Å². The quantitative estimate of drug-likeness (QED) is 0.450. The molecule has 1 N–H and O–H groups in total. The summed E-state index contributed by atoms with van der Waals surface area (Å²) in [6.45, 7) is 3.50. The van der Waals surface area contributed by atoms with Crippen molar-refractivity contribution >= 4 is 11.4 Å². The van der Waals surface area contributed by atoms with Crippen molar-refractivity contribution in [2.24, 2.45) is 0 Å². The van der Waals surface area contributed by atoms with E-state index in [1.807, 2.05) is 6.92 Å². The van der Waals surface area contributed by atoms with Crippen molar-refractivity contribution in [3.05, 3.63) is 33.9 Å². The lowest BCUT2D eigenvalue weighted by atomic mass is 10.1. The van der Waals surface area contributed by atoms with Crippen LogP contribution in [0.5, 0.6) is 0 Å². The molecule has 0 amide bonds. The predicted octanol–water partition coefficient (Wildman–Crippen LogP) is 3.84. The van der Waals surface area contributed by atoms with Gasteiger partial charge < -0.3 is 10.1 Å². The smallest absolute Gasteiger partial charge is 0.381 e. The minimum atomic E-state index is -4.60. The van der Waals surface area contributed by atoms with Crippen molar-refractivity contribution in [1.82, 2.24) is 0 Å². The van der Waals surface area contributed by atoms with Gasteiger partial charge in [0.15, 0.2) is 0 Å². The van der Waals surface area contributed by atoms with Gasteiger partial charge in [0.1, 0.15) is 5.69 Å². The van der Waals surface area contributed by atoms with E-state index in [2.05, 4.69) is 5.32 Å². The van der Waals surface area contributed by atoms with Gasteiger partial charge in [-0.1, -0.05) is 6.92 Å². The summed E-state index contributed by atoms with van der Waals surface area (Å²) < 4.78 is 42.8. The van der Waals surface area contributed by atoms with Crippen molar-refractivity contribution in [1.29, 1.82) is 0 Å². The molecule has 0 aliphatic heterocycles. The number of hydrogen-bond donors (Lipinski definition) is 1. The normalized spacial score (nSPS) is 11.4. The second-order valence-corrected chi connectivity index (χ2v) is 4.38. The molecule has 5 nitrogen and oxygen atoms in total. The van der Waals surface area contributed by atoms with Gasteiger partial charge in [-0.05, 0) is 25.0 Å². The van der Waals surface area contributed by atoms with Crippen LogP contribution in [0.25, 0.3) is 0 Å². The molecule has 118 valence electrons. The highest BCUT2D eigenvalue weighted by Crippen LogP contribution is 2.34. The molecule has 0 aliphatic carbocycles. The molecule has 0 spiro atoms. The van der Waals surface area contributed by atoms with E-state index in [1.54, 1.807) is 0 Å². The topological polar surface area (TPSA) is 64.4 Å². The largest absolute Gasteiger partial charge is 0.416 e. The zero-order chi connectivity index (χ0) is 15.9. The van der Waals surface area contributed by atoms with Gasteiger partial charge in [-0.15, -0.1) is 0 Å². The lowest BCUT2D eigenvalue weighted by Gasteiger charge is -2.10. The van der Waals surface area contributed by atoms with Crippen molar-refractivity contribution in [2.75, 3.05) is 25.1 Å². The number of nitrogens with one attached hydrogen (secondary N) is 1. The van der Waals surface area contributed by atoms with E-state index >= 15 is 0 Å². The average molecular weight is 306 g/mol. The van der Waals surface area contributed by atoms with Crippen LogP contribution < -0.4 is 5.32 Å². The number of halogens is 3. The first kappa shape index (κ1) is 17.2. The van der Waals surface area contributed by atoms with Crippen LogP contribution in [-0.2, 0) is 10.9 Å². The Morgan fingerprint density at radius 1 is 1.33 bits per heavy atom. The van der Waals surface area contributed by atoms with E-state index in [1.165, 1.54) is 0 Å². The molecule has 8 heteroatoms. The number of nitro benzene ring substituents is 1. The summed E-state index contributed by atoms with van der Waals surface area (Å²) >= 11 is 0. The maximum Gasteiger partial charge on any atom is 0.416 e. The number of hydrogen-bond acceptors (Lipinski definition) is 4. The first-order valence-electron chi connectivity index (χ1n) is 6.53. The van der Waals surface area contributed by atoms with Gasteiger partial charge in [0, 0.05) is 25.8 Å². The van der Waals surface area contributed by atoms with Crippen molar-refractivity contribution < 1.29 is 22.8 Å². The van der Waals surface area contributed by atoms with Gasteiger partial charge in [0.05, 0.1) is 10.5 Å². The van der Waals surface area contributed by atoms with E-state index in [4.69, 9.17) is 4.74 Å². The Labute approximate surface area is 120 Å². The third kappa shape index (κ3) is 5.58. The third-order valence-electron chi connectivity index (χ3n) is 2.65. The maximum absolute atomic E-state index is 12.5. The van der Waals surface area contributed by atoms with Crippen LogP contribution in [0.2, 0.25) is 0 Å². The molecule has 0 saturated carbocycles. The summed E-state index contributed by atoms with van der Waals surface area (Å²) in [6, 6.07) is 2.44. The average Bonchev–Trinajstić information content (AvgIpc) is 2.41. The van der Waals surface area contributed by atoms with Gasteiger partial charge in [-0.3, -0.25) is 10.1 Å². The lowest BCUT2D eigenvalue weighted by molar-refractivity contribution is -0.384. The summed E-state index contributed by atoms with van der Waals surface area (Å²) in [7, 11) is 0. The molecular weight excluding hydrogens is 289 g/mol. The number of rotatable bonds is 8. The lowest BCUT2D eigenvalue weighted by Crippen LogP contribution is -2.10. The SMILES string of the molecule is CCCOCCCNc1ccc(C(F)(F)F)cc1[N+](=O)[O-]. The molecule has 1 aromatic rings. The van der Waals surface area contributed by atoms with Crippen LogP contribution in [0.3, 0.4) is 0 Å². The summed E-state index contributed by atoms with van der Waals surface area (Å²) in [5, 5.41) is 13.6. The Morgan fingerprint density at radius 2 is 2.05 bits per heavy atom. The highest BCUT2D eigenvalue weighted by Gasteiger charge is 2.32. The number of benzene rings is 1. The summed E-state index contributed by atoms with van der Waals surface area (Å²) in [5.74, 6) is 0. The molecule has 0 saturated heterocycles. The highest BCUT2D eigenvalue weighted by atomic mass is 19.4. The zero-order valence-corrected chi connectivity index (χ0v) is 11.6. The van der Waals surface area contributed by atoms with E-state index < -0.39 is 22.4 Å². The number of nitro groups is 1. The molecule has 0 aliphatic rings. The molecule has 0 fully saturated rings. The standard InChI is InChI=1S/C13H17F3N2O3/c1-2-7-21-8-3-6-17-11-5-4-10(13(14,15)16)9-12(11)18(19)20/h4-5,9,17H,2-3,6-8H2,1H3. The molecule has 1 aromatic carbocycles. The predicted molar refractivity (Wildman–Crippen MR) is 72.3 cm³/mol. The second-order valence-electron chi connectivity index (χ2n) is 4.38. The first-order valence-corrected chi connectivity index (χ1v) is 6.53. The van der Waals surface area contributed by atoms with E-state index in [0.29, 0.717) is 32.2 Å². The summed E-state index contributed by atoms with van der Waals surface area (Å²) in [5.41, 5.74) is -1.55. The fraction of sp³-hybridized carbons (Fsp3) is 0.538. The Balaban J connectivity index is 2.67. The Hall–Kier alpha value is -1.83. The molecule has 0 unspecified atom stereocenters. The highest BCUT2D eigenvalue weighted by molar-refractivity contribution is 5.62. The maximum atomic E-state index is 12.5. The van der Waals surface area contributed by atoms with E-state index in [9.17, 15) is 23.3 Å². The van der Waals surface area contributed by atoms with Crippen LogP contribution in [0.15, 0.2) is 18.2 Å². The van der Waals surface area contributed by atoms with Crippen LogP contribution in [0.1, 0.15) is 25.3 Å². The van der Waals surface area contributed by atoms with Gasteiger partial charge in [-0.2, -0.15) is 13.2 Å². The van der Waals surface area contributed by atoms with Gasteiger partial charge in [0.2, 0.25) is 0 Å². The van der Waals surface area contributed by atoms with Gasteiger partial charge in [-0.25, -0.2) is 0 Å². The number of nitrogens with zero attached hydrogens (tertiary/aromatic N) is 1. The number of alkyl halides is 3. The fourth-order valence-electron chi connectivity index (χ4n) is 1.65. The molecule has 0 aromatic heterocycles. The minimum Gasteiger partial charge on any atom is -0.381 e. The fourth-order valence-corrected chi connectivity index (χ4v) is 1.65. The third-order valence-corrected chi connectivity index (χ3v) is 2.65. The molecule has 0 bridgehead atoms. The molecule has 0 atom stereocenters. The van der Waals surface area contributed by atoms with Crippen LogP contribution >= 0.6 is 0 Å². The number of ether oxygens (including phenoxy) is 1. The first-order chi connectivity index (χ1) is 9.86. The summed E-state index contributed by atoms with van der Waals surface area (Å²) in [6.07, 6.45) is -3.09. The van der Waals surface area contributed by atoms with Crippen molar-refractivity contribution in [3.63, 3.8) is 0 Å². The molecule has 0 heterocycles. The monoisotopic (exact) mass is 306 g/mol. The second kappa shape index (κ2) is 7.82. The van der Waals surface area contributed by atoms with Crippen molar-refractivity contribution in [2.45, 2.75) is 25.9 Å². The van der Waals surface area contributed by atoms with Crippen LogP contribution in [0.4, 0.5) is 24.5 Å². The van der Waals surface area contributed by atoms with E-state index in [-0.39, 0.29) is 5.69 Å². The molecule has 0 radical (unpaired) electrons. The number of anilines is 1. The van der Waals surface area contributed by atoms with E-state index in [0.717, 1.165) is 18.6 Å². The van der Waals surface area contributed by atoms with Gasteiger partial charge >= 0.3 is 6.18 Å². The van der Waals surface area contributed by atoms with Crippen molar-refractivity contribution in [3.8, 4) is 0 Å². The van der Waals surface area contributed by atoms with Gasteiger partial charge in [0.25, 0.3) is 5.69 Å². The molecular formula is C13H17F3N2O3.